The Morgan fingerprint density at radius 3 is 2.41 bits per heavy atom. The Labute approximate surface area is 217 Å². The Kier molecular flexibility index (Phi) is 9.55. The van der Waals surface area contributed by atoms with Gasteiger partial charge in [0.15, 0.2) is 5.96 Å². The first-order valence-corrected chi connectivity index (χ1v) is 11.4. The summed E-state index contributed by atoms with van der Waals surface area (Å²) in [6.45, 7) is 3.54. The Bertz CT molecular complexity index is 976. The first-order valence-electron chi connectivity index (χ1n) is 11.4. The van der Waals surface area contributed by atoms with Gasteiger partial charge in [-0.15, -0.1) is 24.0 Å². The highest BCUT2D eigenvalue weighted by Gasteiger charge is 2.23. The first-order chi connectivity index (χ1) is 16.1. The number of aliphatic imine (C=N–C) groups is 1. The van der Waals surface area contributed by atoms with E-state index in [2.05, 4.69) is 20.5 Å². The van der Waals surface area contributed by atoms with Gasteiger partial charge in [0.25, 0.3) is 5.91 Å². The molecule has 0 spiro atoms. The predicted octanol–water partition coefficient (Wildman–Crippen LogP) is 2.50. The number of amides is 2. The lowest BCUT2D eigenvalue weighted by Gasteiger charge is -2.34. The summed E-state index contributed by atoms with van der Waals surface area (Å²) in [5.41, 5.74) is 1.66. The zero-order valence-electron chi connectivity index (χ0n) is 19.4. The van der Waals surface area contributed by atoms with E-state index in [0.717, 1.165) is 43.2 Å². The Morgan fingerprint density at radius 2 is 1.76 bits per heavy atom. The Balaban J connectivity index is 0.00000324. The topological polar surface area (TPSA) is 86.3 Å². The summed E-state index contributed by atoms with van der Waals surface area (Å²) in [7, 11) is 1.80. The lowest BCUT2D eigenvalue weighted by Crippen LogP contribution is -2.49. The molecule has 2 amide bonds. The van der Waals surface area contributed by atoms with Gasteiger partial charge in [0.05, 0.1) is 6.54 Å². The molecule has 2 aliphatic rings. The number of ether oxygens (including phenoxy) is 1. The van der Waals surface area contributed by atoms with Gasteiger partial charge in [-0.2, -0.15) is 0 Å². The number of carbonyl (C=O) groups is 2. The molecule has 2 N–H and O–H groups in total. The number of carbonyl (C=O) groups excluding carboxylic acids is 2. The first kappa shape index (κ1) is 25.8. The molecule has 2 heterocycles. The van der Waals surface area contributed by atoms with E-state index in [9.17, 15) is 9.59 Å². The molecular formula is C25H32IN5O3. The fraction of sp³-hybridized carbons (Fsp3) is 0.400. The number of nitrogens with one attached hydrogen (secondary N) is 2. The molecule has 2 fully saturated rings. The van der Waals surface area contributed by atoms with Crippen LogP contribution in [0.1, 0.15) is 28.8 Å². The van der Waals surface area contributed by atoms with Crippen LogP contribution < -0.4 is 15.4 Å². The van der Waals surface area contributed by atoms with Crippen LogP contribution in [-0.4, -0.2) is 73.4 Å². The van der Waals surface area contributed by atoms with Crippen LogP contribution in [0.2, 0.25) is 0 Å². The monoisotopic (exact) mass is 577 g/mol. The van der Waals surface area contributed by atoms with Gasteiger partial charge < -0.3 is 25.2 Å². The third-order valence-electron chi connectivity index (χ3n) is 5.98. The molecule has 0 radical (unpaired) electrons. The maximum absolute atomic E-state index is 12.6. The van der Waals surface area contributed by atoms with Gasteiger partial charge >= 0.3 is 0 Å². The number of hydrogen-bond donors (Lipinski definition) is 2. The molecular weight excluding hydrogens is 545 g/mol. The van der Waals surface area contributed by atoms with E-state index >= 15 is 0 Å². The van der Waals surface area contributed by atoms with E-state index in [4.69, 9.17) is 4.74 Å². The van der Waals surface area contributed by atoms with Crippen LogP contribution in [0.5, 0.6) is 5.75 Å². The molecule has 9 heteroatoms. The Hall–Kier alpha value is -2.82. The van der Waals surface area contributed by atoms with Gasteiger partial charge in [0.1, 0.15) is 11.9 Å². The molecule has 0 saturated carbocycles. The normalized spacial score (nSPS) is 17.0. The van der Waals surface area contributed by atoms with Crippen molar-refractivity contribution in [3.05, 3.63) is 65.7 Å². The number of guanidine groups is 1. The van der Waals surface area contributed by atoms with Crippen LogP contribution in [0.25, 0.3) is 0 Å². The second kappa shape index (κ2) is 12.6. The number of likely N-dealkylation sites (tertiary alicyclic amines) is 1. The van der Waals surface area contributed by atoms with Crippen molar-refractivity contribution in [2.24, 2.45) is 4.99 Å². The molecule has 2 saturated heterocycles. The van der Waals surface area contributed by atoms with Crippen LogP contribution in [0, 0.1) is 0 Å². The van der Waals surface area contributed by atoms with Gasteiger partial charge in [0, 0.05) is 58.2 Å². The van der Waals surface area contributed by atoms with Gasteiger partial charge in [-0.25, -0.2) is 0 Å². The van der Waals surface area contributed by atoms with Crippen molar-refractivity contribution in [2.45, 2.75) is 25.5 Å². The number of hydrogen-bond acceptors (Lipinski definition) is 4. The average Bonchev–Trinajstić information content (AvgIpc) is 2.86. The van der Waals surface area contributed by atoms with Crippen molar-refractivity contribution in [1.29, 1.82) is 0 Å². The second-order valence-electron chi connectivity index (χ2n) is 8.29. The third kappa shape index (κ3) is 6.85. The fourth-order valence-corrected chi connectivity index (χ4v) is 4.15. The van der Waals surface area contributed by atoms with E-state index in [1.54, 1.807) is 11.9 Å². The molecule has 4 rings (SSSR count). The van der Waals surface area contributed by atoms with Crippen molar-refractivity contribution in [2.75, 3.05) is 39.8 Å². The molecule has 8 nitrogen and oxygen atoms in total. The Morgan fingerprint density at radius 1 is 1.06 bits per heavy atom. The smallest absolute Gasteiger partial charge is 0.254 e. The summed E-state index contributed by atoms with van der Waals surface area (Å²) < 4.78 is 6.09. The highest BCUT2D eigenvalue weighted by molar-refractivity contribution is 14.0. The molecule has 182 valence electrons. The van der Waals surface area contributed by atoms with E-state index in [1.165, 1.54) is 0 Å². The number of halogens is 1. The molecule has 0 unspecified atom stereocenters. The molecule has 0 aliphatic carbocycles. The number of piperazine rings is 1. The maximum atomic E-state index is 12.6. The summed E-state index contributed by atoms with van der Waals surface area (Å²) in [6, 6.07) is 17.5. The maximum Gasteiger partial charge on any atom is 0.254 e. The molecule has 2 aromatic rings. The summed E-state index contributed by atoms with van der Waals surface area (Å²) in [5, 5.41) is 6.16. The predicted molar refractivity (Wildman–Crippen MR) is 143 cm³/mol. The minimum atomic E-state index is -0.113. The van der Waals surface area contributed by atoms with Crippen molar-refractivity contribution in [3.63, 3.8) is 0 Å². The van der Waals surface area contributed by atoms with Gasteiger partial charge in [0.2, 0.25) is 5.91 Å². The van der Waals surface area contributed by atoms with Gasteiger partial charge in [-0.05, 0) is 29.8 Å². The second-order valence-corrected chi connectivity index (χ2v) is 8.29. The van der Waals surface area contributed by atoms with E-state index in [1.807, 2.05) is 54.6 Å². The number of piperidine rings is 1. The zero-order valence-corrected chi connectivity index (χ0v) is 21.7. The van der Waals surface area contributed by atoms with Crippen LogP contribution in [-0.2, 0) is 11.3 Å². The number of nitrogens with zero attached hydrogens (tertiary/aromatic N) is 3. The fourth-order valence-electron chi connectivity index (χ4n) is 4.15. The number of rotatable bonds is 5. The molecule has 2 aliphatic heterocycles. The van der Waals surface area contributed by atoms with Gasteiger partial charge in [-0.1, -0.05) is 30.3 Å². The molecule has 0 aromatic heterocycles. The van der Waals surface area contributed by atoms with Crippen molar-refractivity contribution < 1.29 is 14.3 Å². The lowest BCUT2D eigenvalue weighted by atomic mass is 10.1. The molecule has 0 atom stereocenters. The number of benzene rings is 2. The third-order valence-corrected chi connectivity index (χ3v) is 5.98. The summed E-state index contributed by atoms with van der Waals surface area (Å²) >= 11 is 0. The van der Waals surface area contributed by atoms with Crippen LogP contribution in [0.4, 0.5) is 0 Å². The highest BCUT2D eigenvalue weighted by Crippen LogP contribution is 2.19. The summed E-state index contributed by atoms with van der Waals surface area (Å²) in [5.74, 6) is 1.56. The van der Waals surface area contributed by atoms with Crippen LogP contribution in [0.15, 0.2) is 59.6 Å². The van der Waals surface area contributed by atoms with Crippen LogP contribution in [0.3, 0.4) is 0 Å². The largest absolute Gasteiger partial charge is 0.490 e. The molecule has 34 heavy (non-hydrogen) atoms. The van der Waals surface area contributed by atoms with Gasteiger partial charge in [-0.3, -0.25) is 14.6 Å². The summed E-state index contributed by atoms with van der Waals surface area (Å²) in [6.07, 6.45) is 2.11. The van der Waals surface area contributed by atoms with E-state index in [0.29, 0.717) is 25.2 Å². The molecule has 0 bridgehead atoms. The minimum Gasteiger partial charge on any atom is -0.490 e. The highest BCUT2D eigenvalue weighted by atomic mass is 127. The SMILES string of the molecule is CN=C(NCc1ccc(C(=O)N2CCNC(=O)C2)cc1)N1CCC(Oc2ccccc2)CC1.I. The average molecular weight is 577 g/mol. The van der Waals surface area contributed by atoms with E-state index < -0.39 is 0 Å². The quantitative estimate of drug-likeness (QED) is 0.324. The van der Waals surface area contributed by atoms with Crippen molar-refractivity contribution in [3.8, 4) is 5.75 Å². The standard InChI is InChI=1S/C25H31N5O3.HI/c1-26-25(29-14-11-22(12-15-29)33-21-5-3-2-4-6-21)28-17-19-7-9-20(10-8-19)24(32)30-16-13-27-23(31)18-30;/h2-10,22H,11-18H2,1H3,(H,26,28)(H,27,31);1H. The minimum absolute atomic E-state index is 0. The lowest BCUT2D eigenvalue weighted by molar-refractivity contribution is -0.123. The summed E-state index contributed by atoms with van der Waals surface area (Å²) in [4.78, 5) is 32.4. The zero-order chi connectivity index (χ0) is 23.0. The van der Waals surface area contributed by atoms with Crippen molar-refractivity contribution >= 4 is 41.8 Å². The van der Waals surface area contributed by atoms with Crippen molar-refractivity contribution in [1.82, 2.24) is 20.4 Å². The molecule has 2 aromatic carbocycles. The van der Waals surface area contributed by atoms with Crippen LogP contribution >= 0.6 is 24.0 Å². The number of para-hydroxylation sites is 1. The van der Waals surface area contributed by atoms with E-state index in [-0.39, 0.29) is 48.4 Å².